The van der Waals surface area contributed by atoms with Gasteiger partial charge in [0, 0.05) is 12.1 Å². The predicted molar refractivity (Wildman–Crippen MR) is 152 cm³/mol. The molecule has 1 fully saturated rings. The van der Waals surface area contributed by atoms with E-state index in [0.29, 0.717) is 33.5 Å². The summed E-state index contributed by atoms with van der Waals surface area (Å²) in [5.74, 6) is -0.340. The van der Waals surface area contributed by atoms with Gasteiger partial charge in [0.2, 0.25) is 0 Å². The van der Waals surface area contributed by atoms with Gasteiger partial charge in [-0.25, -0.2) is 13.8 Å². The van der Waals surface area contributed by atoms with Crippen LogP contribution in [0.1, 0.15) is 25.5 Å². The lowest BCUT2D eigenvalue weighted by molar-refractivity contribution is 0.371. The summed E-state index contributed by atoms with van der Waals surface area (Å²) in [6.07, 6.45) is 9.64. The number of hydrogen-bond donors (Lipinski definition) is 2. The number of H-pyrrole nitrogens is 2. The highest BCUT2D eigenvalue weighted by molar-refractivity contribution is 5.98. The summed E-state index contributed by atoms with van der Waals surface area (Å²) in [7, 11) is 0. The van der Waals surface area contributed by atoms with Gasteiger partial charge in [-0.2, -0.15) is 5.10 Å². The normalized spacial score (nSPS) is 15.1. The second-order valence-corrected chi connectivity index (χ2v) is 9.73. The molecule has 0 amide bonds. The molecule has 8 heteroatoms. The first-order valence-electron chi connectivity index (χ1n) is 13.1. The number of rotatable bonds is 7. The molecule has 2 aromatic carbocycles. The molecule has 0 aliphatic carbocycles. The van der Waals surface area contributed by atoms with Crippen molar-refractivity contribution in [2.45, 2.75) is 19.8 Å². The summed E-state index contributed by atoms with van der Waals surface area (Å²) in [6, 6.07) is 12.0. The van der Waals surface area contributed by atoms with Gasteiger partial charge in [-0.1, -0.05) is 43.0 Å². The third kappa shape index (κ3) is 4.68. The molecule has 6 nitrogen and oxygen atoms in total. The summed E-state index contributed by atoms with van der Waals surface area (Å²) in [4.78, 5) is 14.9. The summed E-state index contributed by atoms with van der Waals surface area (Å²) >= 11 is 0. The standard InChI is InChI=1S/C31H28F2N6/c1-3-19(18-39-14-5-6-15-39)16-20(4-2)28-27(33)26-25(17-34-28)37-38-30(26)31-35-24-9-7-8-23(29(24)36-31)21-10-12-22(32)13-11-21/h3-4,7-13,16-17H,1,5-6,14-15,18H2,2H3,(H,35,36)(H,37,38)/b19-16+,20-4+. The Kier molecular flexibility index (Phi) is 6.62. The van der Waals surface area contributed by atoms with Crippen molar-refractivity contribution in [2.24, 2.45) is 0 Å². The molecule has 1 aliphatic rings. The van der Waals surface area contributed by atoms with E-state index in [1.54, 1.807) is 18.3 Å². The number of pyridine rings is 1. The predicted octanol–water partition coefficient (Wildman–Crippen LogP) is 7.06. The first-order valence-corrected chi connectivity index (χ1v) is 13.1. The molecule has 4 heterocycles. The molecule has 1 saturated heterocycles. The number of aromatic amines is 2. The molecule has 5 aromatic rings. The van der Waals surface area contributed by atoms with Gasteiger partial charge in [0.1, 0.15) is 17.2 Å². The molecule has 196 valence electrons. The van der Waals surface area contributed by atoms with E-state index in [4.69, 9.17) is 4.98 Å². The fourth-order valence-corrected chi connectivity index (χ4v) is 5.21. The second kappa shape index (κ2) is 10.4. The topological polar surface area (TPSA) is 73.5 Å². The van der Waals surface area contributed by atoms with Crippen LogP contribution < -0.4 is 0 Å². The van der Waals surface area contributed by atoms with Gasteiger partial charge in [-0.05, 0) is 73.8 Å². The molecule has 0 spiro atoms. The largest absolute Gasteiger partial charge is 0.337 e. The lowest BCUT2D eigenvalue weighted by atomic mass is 10.0. The zero-order valence-corrected chi connectivity index (χ0v) is 21.6. The van der Waals surface area contributed by atoms with Crippen molar-refractivity contribution < 1.29 is 8.78 Å². The van der Waals surface area contributed by atoms with E-state index in [2.05, 4.69) is 31.6 Å². The van der Waals surface area contributed by atoms with E-state index in [1.165, 1.54) is 25.0 Å². The van der Waals surface area contributed by atoms with E-state index in [1.807, 2.05) is 43.4 Å². The third-order valence-electron chi connectivity index (χ3n) is 7.23. The SMILES string of the molecule is C=C/C(=C\C(=C/C)c1ncc2[nH]nc(-c3nc4c(-c5ccc(F)cc5)cccc4[nH]3)c2c1F)CN1CCCC1. The Labute approximate surface area is 224 Å². The number of imidazole rings is 1. The van der Waals surface area contributed by atoms with E-state index in [0.717, 1.165) is 41.9 Å². The minimum Gasteiger partial charge on any atom is -0.337 e. The van der Waals surface area contributed by atoms with Crippen LogP contribution in [0.4, 0.5) is 8.78 Å². The maximum Gasteiger partial charge on any atom is 0.161 e. The molecule has 39 heavy (non-hydrogen) atoms. The number of benzene rings is 2. The van der Waals surface area contributed by atoms with Gasteiger partial charge < -0.3 is 4.98 Å². The number of aromatic nitrogens is 5. The Morgan fingerprint density at radius 1 is 1.08 bits per heavy atom. The van der Waals surface area contributed by atoms with Crippen molar-refractivity contribution in [2.75, 3.05) is 19.6 Å². The van der Waals surface area contributed by atoms with Crippen LogP contribution in [0.2, 0.25) is 0 Å². The first kappa shape index (κ1) is 24.9. The number of nitrogens with one attached hydrogen (secondary N) is 2. The van der Waals surface area contributed by atoms with Gasteiger partial charge in [0.25, 0.3) is 0 Å². The van der Waals surface area contributed by atoms with Gasteiger partial charge >= 0.3 is 0 Å². The molecule has 0 radical (unpaired) electrons. The number of nitrogens with zero attached hydrogens (tertiary/aromatic N) is 4. The summed E-state index contributed by atoms with van der Waals surface area (Å²) in [6.45, 7) is 8.75. The zero-order chi connectivity index (χ0) is 26.9. The fraction of sp³-hybridized carbons (Fsp3) is 0.194. The van der Waals surface area contributed by atoms with Crippen molar-refractivity contribution >= 4 is 27.5 Å². The highest BCUT2D eigenvalue weighted by Crippen LogP contribution is 2.34. The molecule has 0 bridgehead atoms. The monoisotopic (exact) mass is 522 g/mol. The molecule has 1 aliphatic heterocycles. The van der Waals surface area contributed by atoms with Crippen molar-refractivity contribution in [3.05, 3.63) is 96.4 Å². The first-order chi connectivity index (χ1) is 19.1. The van der Waals surface area contributed by atoms with Crippen molar-refractivity contribution in [3.8, 4) is 22.6 Å². The molecule has 3 aromatic heterocycles. The lowest BCUT2D eigenvalue weighted by Gasteiger charge is -2.15. The van der Waals surface area contributed by atoms with Crippen molar-refractivity contribution in [1.82, 2.24) is 30.0 Å². The zero-order valence-electron chi connectivity index (χ0n) is 21.6. The Morgan fingerprint density at radius 3 is 2.62 bits per heavy atom. The van der Waals surface area contributed by atoms with Crippen LogP contribution in [-0.4, -0.2) is 49.7 Å². The van der Waals surface area contributed by atoms with E-state index in [9.17, 15) is 4.39 Å². The minimum atomic E-state index is -0.468. The molecule has 0 saturated carbocycles. The number of likely N-dealkylation sites (tertiary alicyclic amines) is 1. The summed E-state index contributed by atoms with van der Waals surface area (Å²) in [5, 5.41) is 7.61. The molecular formula is C31H28F2N6. The van der Waals surface area contributed by atoms with Crippen molar-refractivity contribution in [1.29, 1.82) is 0 Å². The van der Waals surface area contributed by atoms with Gasteiger partial charge in [-0.3, -0.25) is 15.0 Å². The molecule has 0 atom stereocenters. The second-order valence-electron chi connectivity index (χ2n) is 9.73. The molecule has 2 N–H and O–H groups in total. The Bertz CT molecular complexity index is 1740. The van der Waals surface area contributed by atoms with Gasteiger partial charge in [0.05, 0.1) is 28.1 Å². The van der Waals surface area contributed by atoms with Crippen LogP contribution in [0.25, 0.3) is 50.2 Å². The Morgan fingerprint density at radius 2 is 1.87 bits per heavy atom. The minimum absolute atomic E-state index is 0.247. The van der Waals surface area contributed by atoms with Crippen LogP contribution >= 0.6 is 0 Å². The average Bonchev–Trinajstić information content (AvgIpc) is 3.71. The number of allylic oxidation sites excluding steroid dienone is 3. The van der Waals surface area contributed by atoms with Crippen LogP contribution in [0.3, 0.4) is 0 Å². The van der Waals surface area contributed by atoms with E-state index >= 15 is 4.39 Å². The number of para-hydroxylation sites is 1. The van der Waals surface area contributed by atoms with Gasteiger partial charge in [0.15, 0.2) is 11.6 Å². The molecule has 6 rings (SSSR count). The number of hydrogen-bond acceptors (Lipinski definition) is 4. The highest BCUT2D eigenvalue weighted by Gasteiger charge is 2.22. The van der Waals surface area contributed by atoms with Crippen LogP contribution in [0.5, 0.6) is 0 Å². The van der Waals surface area contributed by atoms with Gasteiger partial charge in [-0.15, -0.1) is 0 Å². The maximum atomic E-state index is 16.2. The number of halogens is 2. The summed E-state index contributed by atoms with van der Waals surface area (Å²) in [5.41, 5.74) is 5.93. The average molecular weight is 523 g/mol. The quantitative estimate of drug-likeness (QED) is 0.225. The third-order valence-corrected chi connectivity index (χ3v) is 7.23. The van der Waals surface area contributed by atoms with Crippen LogP contribution in [0.15, 0.2) is 79.0 Å². The van der Waals surface area contributed by atoms with Crippen LogP contribution in [0, 0.1) is 11.6 Å². The summed E-state index contributed by atoms with van der Waals surface area (Å²) < 4.78 is 29.7. The van der Waals surface area contributed by atoms with E-state index in [-0.39, 0.29) is 11.5 Å². The molecule has 0 unspecified atom stereocenters. The smallest absolute Gasteiger partial charge is 0.161 e. The van der Waals surface area contributed by atoms with E-state index < -0.39 is 5.82 Å². The Balaban J connectivity index is 1.42. The number of fused-ring (bicyclic) bond motifs is 2. The Hall–Kier alpha value is -4.43. The van der Waals surface area contributed by atoms with Crippen LogP contribution in [-0.2, 0) is 0 Å². The highest BCUT2D eigenvalue weighted by atomic mass is 19.1. The fourth-order valence-electron chi connectivity index (χ4n) is 5.21. The lowest BCUT2D eigenvalue weighted by Crippen LogP contribution is -2.21. The maximum absolute atomic E-state index is 16.2. The van der Waals surface area contributed by atoms with Crippen molar-refractivity contribution in [3.63, 3.8) is 0 Å². The molecular weight excluding hydrogens is 494 g/mol.